The lowest BCUT2D eigenvalue weighted by Crippen LogP contribution is -2.12. The van der Waals surface area contributed by atoms with Gasteiger partial charge in [0.15, 0.2) is 0 Å². The SMILES string of the molecule is COC(=O)c1cc(O)c(C(=O)Nc2cccc(C(F)(F)F)c2)s1. The van der Waals surface area contributed by atoms with Crippen LogP contribution in [0.2, 0.25) is 0 Å². The molecular formula is C14H10F3NO4S. The van der Waals surface area contributed by atoms with Gasteiger partial charge in [-0.1, -0.05) is 6.07 Å². The van der Waals surface area contributed by atoms with Gasteiger partial charge in [0.2, 0.25) is 0 Å². The predicted octanol–water partition coefficient (Wildman–Crippen LogP) is 3.51. The van der Waals surface area contributed by atoms with Gasteiger partial charge in [0, 0.05) is 11.8 Å². The summed E-state index contributed by atoms with van der Waals surface area (Å²) < 4.78 is 42.3. The highest BCUT2D eigenvalue weighted by Crippen LogP contribution is 2.32. The molecular weight excluding hydrogens is 335 g/mol. The summed E-state index contributed by atoms with van der Waals surface area (Å²) in [6, 6.07) is 5.11. The molecule has 0 atom stereocenters. The molecule has 0 aliphatic carbocycles. The predicted molar refractivity (Wildman–Crippen MR) is 76.7 cm³/mol. The standard InChI is InChI=1S/C14H10F3NO4S/c1-22-13(21)10-6-9(19)11(23-10)12(20)18-8-4-2-3-7(5-8)14(15,16)17/h2-6,19H,1H3,(H,18,20). The maximum Gasteiger partial charge on any atom is 0.416 e. The zero-order chi connectivity index (χ0) is 17.2. The number of alkyl halides is 3. The average Bonchev–Trinajstić information content (AvgIpc) is 2.88. The zero-order valence-electron chi connectivity index (χ0n) is 11.6. The minimum atomic E-state index is -4.54. The number of hydrogen-bond acceptors (Lipinski definition) is 5. The molecule has 23 heavy (non-hydrogen) atoms. The van der Waals surface area contributed by atoms with E-state index in [0.717, 1.165) is 31.4 Å². The molecule has 0 saturated carbocycles. The van der Waals surface area contributed by atoms with Crippen LogP contribution in [0.5, 0.6) is 5.75 Å². The Balaban J connectivity index is 2.23. The molecule has 1 aromatic heterocycles. The molecule has 0 fully saturated rings. The van der Waals surface area contributed by atoms with Crippen LogP contribution in [0.15, 0.2) is 30.3 Å². The van der Waals surface area contributed by atoms with E-state index >= 15 is 0 Å². The molecule has 0 radical (unpaired) electrons. The third-order valence-corrected chi connectivity index (χ3v) is 3.86. The van der Waals surface area contributed by atoms with Crippen LogP contribution in [0.1, 0.15) is 24.9 Å². The Bertz CT molecular complexity index is 755. The van der Waals surface area contributed by atoms with Gasteiger partial charge in [-0.05, 0) is 18.2 Å². The minimum Gasteiger partial charge on any atom is -0.506 e. The van der Waals surface area contributed by atoms with Gasteiger partial charge in [-0.15, -0.1) is 11.3 Å². The number of amides is 1. The van der Waals surface area contributed by atoms with Gasteiger partial charge in [-0.25, -0.2) is 4.79 Å². The first-order chi connectivity index (χ1) is 10.7. The van der Waals surface area contributed by atoms with Crippen LogP contribution >= 0.6 is 11.3 Å². The Labute approximate surface area is 132 Å². The van der Waals surface area contributed by atoms with E-state index in [1.807, 2.05) is 0 Å². The highest BCUT2D eigenvalue weighted by molar-refractivity contribution is 7.16. The van der Waals surface area contributed by atoms with Gasteiger partial charge in [-0.2, -0.15) is 13.2 Å². The number of nitrogens with one attached hydrogen (secondary N) is 1. The number of hydrogen-bond donors (Lipinski definition) is 2. The Morgan fingerprint density at radius 2 is 1.96 bits per heavy atom. The van der Waals surface area contributed by atoms with Crippen LogP contribution in [-0.2, 0) is 10.9 Å². The maximum atomic E-state index is 12.6. The van der Waals surface area contributed by atoms with E-state index in [4.69, 9.17) is 0 Å². The Kier molecular flexibility index (Phi) is 4.60. The molecule has 122 valence electrons. The van der Waals surface area contributed by atoms with Gasteiger partial charge >= 0.3 is 12.1 Å². The minimum absolute atomic E-state index is 0.000748. The number of thiophene rings is 1. The average molecular weight is 345 g/mol. The fourth-order valence-electron chi connectivity index (χ4n) is 1.71. The molecule has 0 bridgehead atoms. The first-order valence-electron chi connectivity index (χ1n) is 6.12. The van der Waals surface area contributed by atoms with Crippen molar-refractivity contribution in [1.29, 1.82) is 0 Å². The fourth-order valence-corrected chi connectivity index (χ4v) is 2.57. The van der Waals surface area contributed by atoms with Crippen molar-refractivity contribution in [2.24, 2.45) is 0 Å². The highest BCUT2D eigenvalue weighted by Gasteiger charge is 2.30. The molecule has 1 heterocycles. The number of anilines is 1. The molecule has 0 unspecified atom stereocenters. The van der Waals surface area contributed by atoms with Gasteiger partial charge in [0.05, 0.1) is 12.7 Å². The third-order valence-electron chi connectivity index (χ3n) is 2.75. The van der Waals surface area contributed by atoms with E-state index in [9.17, 15) is 27.9 Å². The van der Waals surface area contributed by atoms with E-state index in [1.54, 1.807) is 0 Å². The summed E-state index contributed by atoms with van der Waals surface area (Å²) in [4.78, 5) is 23.2. The van der Waals surface area contributed by atoms with E-state index in [0.29, 0.717) is 11.3 Å². The van der Waals surface area contributed by atoms with E-state index in [-0.39, 0.29) is 15.4 Å². The molecule has 0 saturated heterocycles. The first-order valence-corrected chi connectivity index (χ1v) is 6.93. The molecule has 2 N–H and O–H groups in total. The Hall–Kier alpha value is -2.55. The lowest BCUT2D eigenvalue weighted by atomic mass is 10.2. The third kappa shape index (κ3) is 3.81. The molecule has 5 nitrogen and oxygen atoms in total. The molecule has 1 aromatic carbocycles. The smallest absolute Gasteiger partial charge is 0.416 e. The molecule has 0 aliphatic heterocycles. The van der Waals surface area contributed by atoms with Crippen LogP contribution < -0.4 is 5.32 Å². The monoisotopic (exact) mass is 345 g/mol. The van der Waals surface area contributed by atoms with E-state index in [2.05, 4.69) is 10.1 Å². The number of rotatable bonds is 3. The Morgan fingerprint density at radius 3 is 2.57 bits per heavy atom. The topological polar surface area (TPSA) is 75.6 Å². The van der Waals surface area contributed by atoms with Crippen molar-refractivity contribution < 1.29 is 32.6 Å². The highest BCUT2D eigenvalue weighted by atomic mass is 32.1. The fraction of sp³-hybridized carbons (Fsp3) is 0.143. The van der Waals surface area contributed by atoms with Crippen molar-refractivity contribution in [2.45, 2.75) is 6.18 Å². The second-order valence-electron chi connectivity index (χ2n) is 4.35. The van der Waals surface area contributed by atoms with Crippen molar-refractivity contribution in [2.75, 3.05) is 12.4 Å². The van der Waals surface area contributed by atoms with Gasteiger partial charge < -0.3 is 15.2 Å². The summed E-state index contributed by atoms with van der Waals surface area (Å²) in [5, 5.41) is 11.9. The molecule has 0 spiro atoms. The Morgan fingerprint density at radius 1 is 1.26 bits per heavy atom. The summed E-state index contributed by atoms with van der Waals surface area (Å²) in [5.74, 6) is -2.02. The number of carbonyl (C=O) groups is 2. The number of halogens is 3. The molecule has 2 rings (SSSR count). The maximum absolute atomic E-state index is 12.6. The van der Waals surface area contributed by atoms with Crippen molar-refractivity contribution in [3.63, 3.8) is 0 Å². The molecule has 1 amide bonds. The van der Waals surface area contributed by atoms with Gasteiger partial charge in [0.25, 0.3) is 5.91 Å². The number of benzene rings is 1. The number of methoxy groups -OCH3 is 1. The van der Waals surface area contributed by atoms with Crippen LogP contribution in [0.4, 0.5) is 18.9 Å². The quantitative estimate of drug-likeness (QED) is 0.835. The van der Waals surface area contributed by atoms with Crippen molar-refractivity contribution >= 4 is 28.9 Å². The van der Waals surface area contributed by atoms with E-state index in [1.165, 1.54) is 6.07 Å². The van der Waals surface area contributed by atoms with Crippen molar-refractivity contribution in [3.8, 4) is 5.75 Å². The van der Waals surface area contributed by atoms with Gasteiger partial charge in [-0.3, -0.25) is 4.79 Å². The summed E-state index contributed by atoms with van der Waals surface area (Å²) >= 11 is 0.670. The van der Waals surface area contributed by atoms with Crippen LogP contribution in [-0.4, -0.2) is 24.1 Å². The van der Waals surface area contributed by atoms with E-state index < -0.39 is 29.4 Å². The van der Waals surface area contributed by atoms with Crippen LogP contribution in [0, 0.1) is 0 Å². The summed E-state index contributed by atoms with van der Waals surface area (Å²) in [6.07, 6.45) is -4.54. The second kappa shape index (κ2) is 6.29. The summed E-state index contributed by atoms with van der Waals surface area (Å²) in [7, 11) is 1.14. The van der Waals surface area contributed by atoms with Crippen molar-refractivity contribution in [3.05, 3.63) is 45.6 Å². The number of aromatic hydroxyl groups is 1. The van der Waals surface area contributed by atoms with Gasteiger partial charge in [0.1, 0.15) is 15.5 Å². The molecule has 0 aliphatic rings. The van der Waals surface area contributed by atoms with Crippen molar-refractivity contribution in [1.82, 2.24) is 0 Å². The first kappa shape index (κ1) is 16.8. The number of esters is 1. The second-order valence-corrected chi connectivity index (χ2v) is 5.40. The zero-order valence-corrected chi connectivity index (χ0v) is 12.4. The van der Waals surface area contributed by atoms with Crippen LogP contribution in [0.3, 0.4) is 0 Å². The largest absolute Gasteiger partial charge is 0.506 e. The molecule has 9 heteroatoms. The lowest BCUT2D eigenvalue weighted by Gasteiger charge is -2.09. The van der Waals surface area contributed by atoms with Crippen LogP contribution in [0.25, 0.3) is 0 Å². The molecule has 2 aromatic rings. The summed E-state index contributed by atoms with van der Waals surface area (Å²) in [5.41, 5.74) is -1.00. The lowest BCUT2D eigenvalue weighted by molar-refractivity contribution is -0.137. The summed E-state index contributed by atoms with van der Waals surface area (Å²) in [6.45, 7) is 0. The number of carbonyl (C=O) groups excluding carboxylic acids is 2. The number of ether oxygens (including phenoxy) is 1. The normalized spacial score (nSPS) is 11.1.